The number of nitrogens with zero attached hydrogens (tertiary/aromatic N) is 2. The molecule has 0 aliphatic carbocycles. The Morgan fingerprint density at radius 3 is 2.58 bits per heavy atom. The predicted octanol–water partition coefficient (Wildman–Crippen LogP) is 2.84. The first-order valence-corrected chi connectivity index (χ1v) is 7.37. The highest BCUT2D eigenvalue weighted by molar-refractivity contribution is 7.09. The summed E-state index contributed by atoms with van der Waals surface area (Å²) in [5, 5.41) is 6.85. The van der Waals surface area contributed by atoms with E-state index in [2.05, 4.69) is 65.0 Å². The number of likely N-dealkylation sites (N-methyl/N-ethyl adjacent to an activating group) is 1. The molecular weight excluding hydrogens is 254 g/mol. The summed E-state index contributed by atoms with van der Waals surface area (Å²) >= 11 is 1.70. The number of hydrogen-bond acceptors (Lipinski definition) is 4. The Morgan fingerprint density at radius 1 is 1.26 bits per heavy atom. The second-order valence-corrected chi connectivity index (χ2v) is 6.03. The van der Waals surface area contributed by atoms with Crippen LogP contribution in [0.2, 0.25) is 0 Å². The molecule has 2 aromatic rings. The Bertz CT molecular complexity index is 493. The van der Waals surface area contributed by atoms with Gasteiger partial charge < -0.3 is 10.2 Å². The third-order valence-electron chi connectivity index (χ3n) is 2.95. The minimum atomic E-state index is 0.332. The SMILES string of the molecule is Cc1nc(CN[C@H](CN(C)C)c2ccccc2)cs1. The molecule has 0 fully saturated rings. The van der Waals surface area contributed by atoms with Gasteiger partial charge in [-0.25, -0.2) is 4.98 Å². The van der Waals surface area contributed by atoms with Crippen LogP contribution in [0.5, 0.6) is 0 Å². The lowest BCUT2D eigenvalue weighted by Crippen LogP contribution is -2.31. The zero-order chi connectivity index (χ0) is 13.7. The van der Waals surface area contributed by atoms with Crippen LogP contribution in [0.4, 0.5) is 0 Å². The lowest BCUT2D eigenvalue weighted by atomic mass is 10.1. The topological polar surface area (TPSA) is 28.2 Å². The highest BCUT2D eigenvalue weighted by Crippen LogP contribution is 2.15. The molecule has 0 saturated carbocycles. The molecule has 19 heavy (non-hydrogen) atoms. The Morgan fingerprint density at radius 2 is 2.00 bits per heavy atom. The zero-order valence-electron chi connectivity index (χ0n) is 11.8. The molecule has 1 N–H and O–H groups in total. The minimum absolute atomic E-state index is 0.332. The first-order chi connectivity index (χ1) is 9.15. The van der Waals surface area contributed by atoms with Crippen molar-refractivity contribution in [1.82, 2.24) is 15.2 Å². The Balaban J connectivity index is 2.02. The zero-order valence-corrected chi connectivity index (χ0v) is 12.6. The largest absolute Gasteiger partial charge is 0.308 e. The van der Waals surface area contributed by atoms with Crippen molar-refractivity contribution in [2.45, 2.75) is 19.5 Å². The summed E-state index contributed by atoms with van der Waals surface area (Å²) in [6.45, 7) is 3.84. The van der Waals surface area contributed by atoms with Crippen molar-refractivity contribution in [3.05, 3.63) is 52.0 Å². The van der Waals surface area contributed by atoms with Crippen LogP contribution in [-0.2, 0) is 6.54 Å². The summed E-state index contributed by atoms with van der Waals surface area (Å²) in [4.78, 5) is 6.70. The van der Waals surface area contributed by atoms with Gasteiger partial charge in [-0.3, -0.25) is 0 Å². The van der Waals surface area contributed by atoms with E-state index in [1.54, 1.807) is 11.3 Å². The van der Waals surface area contributed by atoms with Gasteiger partial charge in [0.05, 0.1) is 10.7 Å². The van der Waals surface area contributed by atoms with Gasteiger partial charge in [0.2, 0.25) is 0 Å². The summed E-state index contributed by atoms with van der Waals surface area (Å²) in [5.74, 6) is 0. The summed E-state index contributed by atoms with van der Waals surface area (Å²) in [6, 6.07) is 10.9. The van der Waals surface area contributed by atoms with Crippen molar-refractivity contribution in [3.8, 4) is 0 Å². The summed E-state index contributed by atoms with van der Waals surface area (Å²) < 4.78 is 0. The normalized spacial score (nSPS) is 12.8. The molecule has 4 heteroatoms. The smallest absolute Gasteiger partial charge is 0.0897 e. The van der Waals surface area contributed by atoms with Gasteiger partial charge >= 0.3 is 0 Å². The van der Waals surface area contributed by atoms with Crippen LogP contribution < -0.4 is 5.32 Å². The molecule has 0 radical (unpaired) electrons. The molecule has 1 aromatic heterocycles. The summed E-state index contributed by atoms with van der Waals surface area (Å²) in [7, 11) is 4.20. The van der Waals surface area contributed by atoms with E-state index in [0.29, 0.717) is 6.04 Å². The van der Waals surface area contributed by atoms with E-state index in [9.17, 15) is 0 Å². The number of nitrogens with one attached hydrogen (secondary N) is 1. The lowest BCUT2D eigenvalue weighted by molar-refractivity contribution is 0.340. The first kappa shape index (κ1) is 14.2. The standard InChI is InChI=1S/C15H21N3S/c1-12-17-14(11-19-12)9-16-15(10-18(2)3)13-7-5-4-6-8-13/h4-8,11,15-16H,9-10H2,1-3H3/t15-/m1/s1. The molecule has 2 rings (SSSR count). The van der Waals surface area contributed by atoms with Gasteiger partial charge in [-0.05, 0) is 26.6 Å². The van der Waals surface area contributed by atoms with E-state index in [4.69, 9.17) is 0 Å². The van der Waals surface area contributed by atoms with E-state index in [-0.39, 0.29) is 0 Å². The number of aromatic nitrogens is 1. The molecule has 1 atom stereocenters. The third kappa shape index (κ3) is 4.42. The van der Waals surface area contributed by atoms with Crippen molar-refractivity contribution in [2.24, 2.45) is 0 Å². The minimum Gasteiger partial charge on any atom is -0.308 e. The van der Waals surface area contributed by atoms with E-state index >= 15 is 0 Å². The van der Waals surface area contributed by atoms with Gasteiger partial charge in [-0.1, -0.05) is 30.3 Å². The molecule has 0 saturated heterocycles. The average Bonchev–Trinajstić information content (AvgIpc) is 2.81. The third-order valence-corrected chi connectivity index (χ3v) is 3.77. The van der Waals surface area contributed by atoms with Gasteiger partial charge in [0, 0.05) is 24.5 Å². The van der Waals surface area contributed by atoms with Crippen LogP contribution in [0, 0.1) is 6.92 Å². The Labute approximate surface area is 119 Å². The quantitative estimate of drug-likeness (QED) is 0.878. The van der Waals surface area contributed by atoms with Gasteiger partial charge in [-0.2, -0.15) is 0 Å². The van der Waals surface area contributed by atoms with Crippen LogP contribution in [0.25, 0.3) is 0 Å². The van der Waals surface area contributed by atoms with Gasteiger partial charge in [0.25, 0.3) is 0 Å². The van der Waals surface area contributed by atoms with E-state index in [0.717, 1.165) is 23.8 Å². The number of benzene rings is 1. The van der Waals surface area contributed by atoms with Gasteiger partial charge in [0.15, 0.2) is 0 Å². The van der Waals surface area contributed by atoms with Crippen molar-refractivity contribution in [2.75, 3.05) is 20.6 Å². The fourth-order valence-corrected chi connectivity index (χ4v) is 2.67. The van der Waals surface area contributed by atoms with Crippen molar-refractivity contribution in [1.29, 1.82) is 0 Å². The Kier molecular flexibility index (Phi) is 5.07. The molecule has 0 spiro atoms. The van der Waals surface area contributed by atoms with Crippen molar-refractivity contribution < 1.29 is 0 Å². The van der Waals surface area contributed by atoms with E-state index in [1.807, 2.05) is 6.92 Å². The number of hydrogen-bond donors (Lipinski definition) is 1. The van der Waals surface area contributed by atoms with Crippen molar-refractivity contribution >= 4 is 11.3 Å². The molecule has 0 unspecified atom stereocenters. The highest BCUT2D eigenvalue weighted by Gasteiger charge is 2.12. The van der Waals surface area contributed by atoms with Crippen LogP contribution >= 0.6 is 11.3 Å². The molecule has 0 aliphatic rings. The molecular formula is C15H21N3S. The summed E-state index contributed by atoms with van der Waals surface area (Å²) in [5.41, 5.74) is 2.45. The Hall–Kier alpha value is -1.23. The molecule has 0 bridgehead atoms. The lowest BCUT2D eigenvalue weighted by Gasteiger charge is -2.22. The second-order valence-electron chi connectivity index (χ2n) is 4.96. The van der Waals surface area contributed by atoms with Crippen LogP contribution in [0.3, 0.4) is 0 Å². The molecule has 102 valence electrons. The van der Waals surface area contributed by atoms with Crippen molar-refractivity contribution in [3.63, 3.8) is 0 Å². The van der Waals surface area contributed by atoms with Crippen LogP contribution in [0.1, 0.15) is 22.3 Å². The predicted molar refractivity (Wildman–Crippen MR) is 81.4 cm³/mol. The monoisotopic (exact) mass is 275 g/mol. The fourth-order valence-electron chi connectivity index (χ4n) is 2.06. The fraction of sp³-hybridized carbons (Fsp3) is 0.400. The number of rotatable bonds is 6. The van der Waals surface area contributed by atoms with E-state index < -0.39 is 0 Å². The van der Waals surface area contributed by atoms with Gasteiger partial charge in [0.1, 0.15) is 0 Å². The molecule has 0 amide bonds. The molecule has 1 aromatic carbocycles. The number of aryl methyl sites for hydroxylation is 1. The number of thiazole rings is 1. The van der Waals surface area contributed by atoms with Crippen LogP contribution in [-0.4, -0.2) is 30.5 Å². The van der Waals surface area contributed by atoms with E-state index in [1.165, 1.54) is 5.56 Å². The maximum atomic E-state index is 4.50. The average molecular weight is 275 g/mol. The highest BCUT2D eigenvalue weighted by atomic mass is 32.1. The maximum absolute atomic E-state index is 4.50. The summed E-state index contributed by atoms with van der Waals surface area (Å²) in [6.07, 6.45) is 0. The second kappa shape index (κ2) is 6.80. The van der Waals surface area contributed by atoms with Gasteiger partial charge in [-0.15, -0.1) is 11.3 Å². The van der Waals surface area contributed by atoms with Crippen LogP contribution in [0.15, 0.2) is 35.7 Å². The maximum Gasteiger partial charge on any atom is 0.0897 e. The molecule has 0 aliphatic heterocycles. The molecule has 1 heterocycles. The molecule has 3 nitrogen and oxygen atoms in total. The first-order valence-electron chi connectivity index (χ1n) is 6.49.